The fraction of sp³-hybridized carbons (Fsp3) is 0.130. The first-order chi connectivity index (χ1) is 14.8. The molecule has 154 valence electrons. The average molecular weight is 418 g/mol. The second-order valence-corrected chi connectivity index (χ2v) is 7.23. The van der Waals surface area contributed by atoms with E-state index in [4.69, 9.17) is 0 Å². The fourth-order valence-electron chi connectivity index (χ4n) is 3.52. The molecule has 0 aliphatic carbocycles. The second kappa shape index (κ2) is 7.61. The first-order valence-electron chi connectivity index (χ1n) is 9.44. The van der Waals surface area contributed by atoms with Gasteiger partial charge in [-0.1, -0.05) is 38.1 Å². The van der Waals surface area contributed by atoms with Gasteiger partial charge >= 0.3 is 5.69 Å². The SMILES string of the molecule is CC(C)c1ccccc1-n1c(=O)nc(C#N)c2cc(F)c(-c3c(O)cccc3F)nc21. The van der Waals surface area contributed by atoms with Crippen molar-refractivity contribution in [2.75, 3.05) is 0 Å². The monoisotopic (exact) mass is 418 g/mol. The van der Waals surface area contributed by atoms with Gasteiger partial charge in [0.1, 0.15) is 23.3 Å². The Hall–Kier alpha value is -4.12. The molecule has 2 aromatic heterocycles. The molecule has 0 radical (unpaired) electrons. The Kier molecular flexibility index (Phi) is 4.95. The highest BCUT2D eigenvalue weighted by atomic mass is 19.1. The largest absolute Gasteiger partial charge is 0.507 e. The maximum absolute atomic E-state index is 15.0. The van der Waals surface area contributed by atoms with Crippen molar-refractivity contribution >= 4 is 11.0 Å². The Morgan fingerprint density at radius 3 is 2.48 bits per heavy atom. The predicted molar refractivity (Wildman–Crippen MR) is 111 cm³/mol. The summed E-state index contributed by atoms with van der Waals surface area (Å²) >= 11 is 0. The van der Waals surface area contributed by atoms with E-state index in [0.29, 0.717) is 5.69 Å². The van der Waals surface area contributed by atoms with E-state index in [9.17, 15) is 23.9 Å². The van der Waals surface area contributed by atoms with E-state index < -0.39 is 34.3 Å². The molecule has 0 fully saturated rings. The maximum atomic E-state index is 15.0. The Bertz CT molecular complexity index is 1420. The number of halogens is 2. The van der Waals surface area contributed by atoms with Crippen LogP contribution in [-0.2, 0) is 0 Å². The second-order valence-electron chi connectivity index (χ2n) is 7.23. The van der Waals surface area contributed by atoms with Crippen LogP contribution in [0.25, 0.3) is 28.0 Å². The Balaban J connectivity index is 2.18. The lowest BCUT2D eigenvalue weighted by Gasteiger charge is -2.17. The standard InChI is InChI=1S/C23H16F2N4O2/c1-12(2)13-6-3-4-8-18(13)29-22-14(17(11-26)27-23(29)31)10-16(25)21(28-22)20-15(24)7-5-9-19(20)30/h3-10,12,30H,1-2H3. The van der Waals surface area contributed by atoms with Gasteiger partial charge in [-0.25, -0.2) is 23.1 Å². The van der Waals surface area contributed by atoms with Crippen LogP contribution in [0.1, 0.15) is 31.0 Å². The molecule has 2 heterocycles. The molecule has 0 bridgehead atoms. The lowest BCUT2D eigenvalue weighted by molar-refractivity contribution is 0.470. The molecule has 0 unspecified atom stereocenters. The molecule has 4 aromatic rings. The molecule has 0 aliphatic heterocycles. The molecular formula is C23H16F2N4O2. The quantitative estimate of drug-likeness (QED) is 0.532. The minimum absolute atomic E-state index is 0.00209. The summed E-state index contributed by atoms with van der Waals surface area (Å²) in [5.74, 6) is -2.31. The van der Waals surface area contributed by atoms with Crippen molar-refractivity contribution in [2.45, 2.75) is 19.8 Å². The highest BCUT2D eigenvalue weighted by Crippen LogP contribution is 2.34. The number of pyridine rings is 1. The van der Waals surface area contributed by atoms with Crippen molar-refractivity contribution < 1.29 is 13.9 Å². The first kappa shape index (κ1) is 20.2. The van der Waals surface area contributed by atoms with Crippen molar-refractivity contribution in [3.05, 3.63) is 81.9 Å². The summed E-state index contributed by atoms with van der Waals surface area (Å²) in [5, 5.41) is 19.5. The molecule has 0 atom stereocenters. The van der Waals surface area contributed by atoms with Crippen molar-refractivity contribution in [3.8, 4) is 28.8 Å². The maximum Gasteiger partial charge on any atom is 0.355 e. The minimum Gasteiger partial charge on any atom is -0.507 e. The van der Waals surface area contributed by atoms with E-state index in [-0.39, 0.29) is 22.6 Å². The topological polar surface area (TPSA) is 91.8 Å². The summed E-state index contributed by atoms with van der Waals surface area (Å²) in [6, 6.07) is 13.4. The highest BCUT2D eigenvalue weighted by molar-refractivity contribution is 5.85. The third-order valence-corrected chi connectivity index (χ3v) is 4.96. The molecule has 0 amide bonds. The van der Waals surface area contributed by atoms with Crippen molar-refractivity contribution in [3.63, 3.8) is 0 Å². The van der Waals surface area contributed by atoms with Crippen LogP contribution in [-0.4, -0.2) is 19.6 Å². The molecule has 8 heteroatoms. The number of benzene rings is 2. The normalized spacial score (nSPS) is 11.1. The van der Waals surface area contributed by atoms with Crippen LogP contribution >= 0.6 is 0 Å². The van der Waals surface area contributed by atoms with Gasteiger partial charge < -0.3 is 5.11 Å². The molecule has 0 saturated carbocycles. The van der Waals surface area contributed by atoms with Crippen LogP contribution < -0.4 is 5.69 Å². The number of hydrogen-bond acceptors (Lipinski definition) is 5. The van der Waals surface area contributed by atoms with Crippen LogP contribution in [0.15, 0.2) is 53.3 Å². The smallest absolute Gasteiger partial charge is 0.355 e. The van der Waals surface area contributed by atoms with E-state index in [1.165, 1.54) is 16.7 Å². The Morgan fingerprint density at radius 1 is 1.06 bits per heavy atom. The fourth-order valence-corrected chi connectivity index (χ4v) is 3.52. The molecule has 2 aromatic carbocycles. The molecule has 0 spiro atoms. The number of nitrogens with zero attached hydrogens (tertiary/aromatic N) is 4. The van der Waals surface area contributed by atoms with Crippen LogP contribution in [0.3, 0.4) is 0 Å². The Labute approximate surface area is 175 Å². The molecule has 1 N–H and O–H groups in total. The zero-order chi connectivity index (χ0) is 22.3. The van der Waals surface area contributed by atoms with E-state index >= 15 is 0 Å². The third kappa shape index (κ3) is 3.30. The number of hydrogen-bond donors (Lipinski definition) is 1. The average Bonchev–Trinajstić information content (AvgIpc) is 2.73. The number of para-hydroxylation sites is 1. The summed E-state index contributed by atoms with van der Waals surface area (Å²) in [7, 11) is 0. The summed E-state index contributed by atoms with van der Waals surface area (Å²) in [6.45, 7) is 3.89. The van der Waals surface area contributed by atoms with Crippen LogP contribution in [0.2, 0.25) is 0 Å². The minimum atomic E-state index is -0.964. The van der Waals surface area contributed by atoms with E-state index in [1.807, 2.05) is 26.0 Å². The summed E-state index contributed by atoms with van der Waals surface area (Å²) in [4.78, 5) is 20.9. The third-order valence-electron chi connectivity index (χ3n) is 4.96. The van der Waals surface area contributed by atoms with Crippen molar-refractivity contribution in [1.82, 2.24) is 14.5 Å². The van der Waals surface area contributed by atoms with Gasteiger partial charge in [0.05, 0.1) is 16.6 Å². The van der Waals surface area contributed by atoms with Crippen LogP contribution in [0.5, 0.6) is 5.75 Å². The Morgan fingerprint density at radius 2 is 1.81 bits per heavy atom. The molecular weight excluding hydrogens is 402 g/mol. The van der Waals surface area contributed by atoms with E-state index in [1.54, 1.807) is 18.2 Å². The molecule has 6 nitrogen and oxygen atoms in total. The summed E-state index contributed by atoms with van der Waals surface area (Å²) < 4.78 is 30.6. The van der Waals surface area contributed by atoms with Gasteiger partial charge in [-0.15, -0.1) is 0 Å². The molecule has 4 rings (SSSR count). The van der Waals surface area contributed by atoms with Gasteiger partial charge in [-0.3, -0.25) is 0 Å². The number of rotatable bonds is 3. The van der Waals surface area contributed by atoms with E-state index in [2.05, 4.69) is 9.97 Å². The number of nitriles is 1. The van der Waals surface area contributed by atoms with Crippen LogP contribution in [0.4, 0.5) is 8.78 Å². The van der Waals surface area contributed by atoms with Gasteiger partial charge in [0.2, 0.25) is 0 Å². The van der Waals surface area contributed by atoms with Gasteiger partial charge in [0.25, 0.3) is 0 Å². The zero-order valence-electron chi connectivity index (χ0n) is 16.6. The van der Waals surface area contributed by atoms with Crippen molar-refractivity contribution in [2.24, 2.45) is 0 Å². The lowest BCUT2D eigenvalue weighted by Crippen LogP contribution is -2.25. The van der Waals surface area contributed by atoms with Gasteiger partial charge in [0, 0.05) is 0 Å². The van der Waals surface area contributed by atoms with E-state index in [0.717, 1.165) is 17.7 Å². The number of aromatic hydroxyl groups is 1. The molecule has 31 heavy (non-hydrogen) atoms. The number of aromatic nitrogens is 3. The summed E-state index contributed by atoms with van der Waals surface area (Å²) in [5.41, 5.74) is -0.787. The van der Waals surface area contributed by atoms with Gasteiger partial charge in [-0.05, 0) is 35.7 Å². The number of fused-ring (bicyclic) bond motifs is 1. The number of phenolic OH excluding ortho intramolecular Hbond substituents is 1. The molecule has 0 aliphatic rings. The number of phenols is 1. The lowest BCUT2D eigenvalue weighted by atomic mass is 10.0. The molecule has 0 saturated heterocycles. The van der Waals surface area contributed by atoms with Crippen LogP contribution in [0, 0.1) is 23.0 Å². The van der Waals surface area contributed by atoms with Gasteiger partial charge in [-0.2, -0.15) is 10.2 Å². The zero-order valence-corrected chi connectivity index (χ0v) is 16.6. The summed E-state index contributed by atoms with van der Waals surface area (Å²) in [6.07, 6.45) is 0. The van der Waals surface area contributed by atoms with Gasteiger partial charge in [0.15, 0.2) is 17.2 Å². The first-order valence-corrected chi connectivity index (χ1v) is 9.44. The predicted octanol–water partition coefficient (Wildman–Crippen LogP) is 4.43. The highest BCUT2D eigenvalue weighted by Gasteiger charge is 2.22. The van der Waals surface area contributed by atoms with Crippen molar-refractivity contribution in [1.29, 1.82) is 5.26 Å².